The standard InChI is InChI=1S/C26H31NO3/c1-7-14-30-27-23(18-8-10-19(11-9-18)24(28)29)20-16-22-21(15-17(20)2)25(3,4)12-13-26(22,5)6/h7-11,15-16H,1,12-14H2,2-6H3,(H,28,29)/b27-23-. The van der Waals surface area contributed by atoms with Gasteiger partial charge in [-0.3, -0.25) is 0 Å². The molecule has 0 aromatic heterocycles. The maximum Gasteiger partial charge on any atom is 0.335 e. The molecule has 4 nitrogen and oxygen atoms in total. The number of nitrogens with zero attached hydrogens (tertiary/aromatic N) is 1. The summed E-state index contributed by atoms with van der Waals surface area (Å²) in [6.07, 6.45) is 3.94. The van der Waals surface area contributed by atoms with Crippen molar-refractivity contribution < 1.29 is 14.7 Å². The van der Waals surface area contributed by atoms with Crippen molar-refractivity contribution in [2.75, 3.05) is 6.61 Å². The lowest BCUT2D eigenvalue weighted by atomic mass is 9.62. The predicted octanol–water partition coefficient (Wildman–Crippen LogP) is 6.00. The zero-order valence-electron chi connectivity index (χ0n) is 18.6. The monoisotopic (exact) mass is 405 g/mol. The quantitative estimate of drug-likeness (QED) is 0.278. The van der Waals surface area contributed by atoms with Gasteiger partial charge in [-0.05, 0) is 65.5 Å². The summed E-state index contributed by atoms with van der Waals surface area (Å²) in [4.78, 5) is 16.7. The molecule has 1 aliphatic rings. The Kier molecular flexibility index (Phi) is 5.89. The molecule has 0 radical (unpaired) electrons. The van der Waals surface area contributed by atoms with Gasteiger partial charge in [-0.15, -0.1) is 0 Å². The van der Waals surface area contributed by atoms with Crippen LogP contribution in [0.5, 0.6) is 0 Å². The first-order valence-electron chi connectivity index (χ1n) is 10.4. The fourth-order valence-corrected chi connectivity index (χ4v) is 4.16. The lowest BCUT2D eigenvalue weighted by molar-refractivity contribution is 0.0697. The van der Waals surface area contributed by atoms with Crippen LogP contribution < -0.4 is 0 Å². The summed E-state index contributed by atoms with van der Waals surface area (Å²) < 4.78 is 0. The van der Waals surface area contributed by atoms with E-state index in [1.807, 2.05) is 0 Å². The van der Waals surface area contributed by atoms with Crippen molar-refractivity contribution in [2.24, 2.45) is 5.16 Å². The lowest BCUT2D eigenvalue weighted by Gasteiger charge is -2.42. The second kappa shape index (κ2) is 8.10. The predicted molar refractivity (Wildman–Crippen MR) is 122 cm³/mol. The maximum absolute atomic E-state index is 11.2. The molecule has 30 heavy (non-hydrogen) atoms. The summed E-state index contributed by atoms with van der Waals surface area (Å²) >= 11 is 0. The topological polar surface area (TPSA) is 58.9 Å². The van der Waals surface area contributed by atoms with Crippen molar-refractivity contribution in [3.63, 3.8) is 0 Å². The number of hydrogen-bond donors (Lipinski definition) is 1. The average molecular weight is 406 g/mol. The molecule has 0 aliphatic heterocycles. The number of carboxylic acids is 1. The lowest BCUT2D eigenvalue weighted by Crippen LogP contribution is -2.34. The van der Waals surface area contributed by atoms with E-state index < -0.39 is 5.97 Å². The molecule has 0 unspecified atom stereocenters. The number of carboxylic acid groups (broad SMARTS) is 1. The van der Waals surface area contributed by atoms with Crippen molar-refractivity contribution in [1.29, 1.82) is 0 Å². The van der Waals surface area contributed by atoms with Crippen LogP contribution >= 0.6 is 0 Å². The minimum absolute atomic E-state index is 0.0769. The normalized spacial score (nSPS) is 17.2. The van der Waals surface area contributed by atoms with E-state index in [-0.39, 0.29) is 16.4 Å². The van der Waals surface area contributed by atoms with E-state index in [1.54, 1.807) is 30.3 Å². The van der Waals surface area contributed by atoms with Crippen LogP contribution in [-0.2, 0) is 15.7 Å². The summed E-state index contributed by atoms with van der Waals surface area (Å²) in [6, 6.07) is 11.3. The van der Waals surface area contributed by atoms with Gasteiger partial charge in [-0.2, -0.15) is 0 Å². The van der Waals surface area contributed by atoms with E-state index in [2.05, 4.69) is 58.5 Å². The van der Waals surface area contributed by atoms with E-state index in [0.29, 0.717) is 12.3 Å². The Morgan fingerprint density at radius 2 is 1.60 bits per heavy atom. The zero-order chi connectivity index (χ0) is 22.1. The first-order valence-corrected chi connectivity index (χ1v) is 10.4. The second-order valence-corrected chi connectivity index (χ2v) is 9.39. The molecule has 2 aromatic carbocycles. The highest BCUT2D eigenvalue weighted by atomic mass is 16.6. The fourth-order valence-electron chi connectivity index (χ4n) is 4.16. The van der Waals surface area contributed by atoms with E-state index in [1.165, 1.54) is 11.1 Å². The van der Waals surface area contributed by atoms with Gasteiger partial charge in [-0.1, -0.05) is 63.7 Å². The van der Waals surface area contributed by atoms with Crippen LogP contribution in [0.2, 0.25) is 0 Å². The van der Waals surface area contributed by atoms with Gasteiger partial charge in [0.1, 0.15) is 12.3 Å². The number of hydrogen-bond acceptors (Lipinski definition) is 3. The molecule has 3 rings (SSSR count). The third-order valence-electron chi connectivity index (χ3n) is 6.21. The molecular formula is C26H31NO3. The molecule has 158 valence electrons. The third kappa shape index (κ3) is 4.18. The number of aryl methyl sites for hydroxylation is 1. The van der Waals surface area contributed by atoms with Gasteiger partial charge in [0.2, 0.25) is 0 Å². The molecule has 0 heterocycles. The molecular weight excluding hydrogens is 374 g/mol. The highest BCUT2D eigenvalue weighted by Crippen LogP contribution is 2.46. The SMILES string of the molecule is C=CCO/N=C(/c1ccc(C(=O)O)cc1)c1cc2c(cc1C)C(C)(C)CCC2(C)C. The van der Waals surface area contributed by atoms with Gasteiger partial charge in [0.15, 0.2) is 0 Å². The minimum atomic E-state index is -0.947. The van der Waals surface area contributed by atoms with Gasteiger partial charge in [-0.25, -0.2) is 4.79 Å². The van der Waals surface area contributed by atoms with Crippen molar-refractivity contribution in [1.82, 2.24) is 0 Å². The number of aromatic carboxylic acids is 1. The van der Waals surface area contributed by atoms with E-state index in [4.69, 9.17) is 4.84 Å². The fraction of sp³-hybridized carbons (Fsp3) is 0.385. The average Bonchev–Trinajstić information content (AvgIpc) is 2.69. The van der Waals surface area contributed by atoms with Crippen LogP contribution in [0.25, 0.3) is 0 Å². The first-order chi connectivity index (χ1) is 14.1. The van der Waals surface area contributed by atoms with Crippen molar-refractivity contribution in [3.8, 4) is 0 Å². The molecule has 0 saturated heterocycles. The number of fused-ring (bicyclic) bond motifs is 1. The van der Waals surface area contributed by atoms with Gasteiger partial charge < -0.3 is 9.94 Å². The Morgan fingerprint density at radius 3 is 2.13 bits per heavy atom. The highest BCUT2D eigenvalue weighted by Gasteiger charge is 2.37. The smallest absolute Gasteiger partial charge is 0.335 e. The van der Waals surface area contributed by atoms with Gasteiger partial charge in [0, 0.05) is 11.1 Å². The molecule has 0 fully saturated rings. The van der Waals surface area contributed by atoms with Crippen LogP contribution in [0.3, 0.4) is 0 Å². The second-order valence-electron chi connectivity index (χ2n) is 9.39. The number of rotatable bonds is 6. The molecule has 0 atom stereocenters. The first kappa shape index (κ1) is 21.8. The van der Waals surface area contributed by atoms with E-state index in [9.17, 15) is 9.90 Å². The Labute approximate surface area is 179 Å². The summed E-state index contributed by atoms with van der Waals surface area (Å²) in [7, 11) is 0. The summed E-state index contributed by atoms with van der Waals surface area (Å²) in [5.41, 5.74) is 6.85. The highest BCUT2D eigenvalue weighted by molar-refractivity contribution is 6.14. The third-order valence-corrected chi connectivity index (χ3v) is 6.21. The number of benzene rings is 2. The number of carbonyl (C=O) groups is 1. The molecule has 0 amide bonds. The Hall–Kier alpha value is -2.88. The van der Waals surface area contributed by atoms with Crippen molar-refractivity contribution in [3.05, 3.63) is 82.4 Å². The Bertz CT molecular complexity index is 998. The van der Waals surface area contributed by atoms with E-state index >= 15 is 0 Å². The van der Waals surface area contributed by atoms with Gasteiger partial charge in [0.05, 0.1) is 5.56 Å². The molecule has 2 aromatic rings. The zero-order valence-corrected chi connectivity index (χ0v) is 18.6. The van der Waals surface area contributed by atoms with Crippen LogP contribution in [0.1, 0.15) is 78.7 Å². The summed E-state index contributed by atoms with van der Waals surface area (Å²) in [5, 5.41) is 13.6. The molecule has 0 spiro atoms. The van der Waals surface area contributed by atoms with Crippen LogP contribution in [0.15, 0.2) is 54.2 Å². The minimum Gasteiger partial charge on any atom is -0.478 e. The van der Waals surface area contributed by atoms with Gasteiger partial charge in [0.25, 0.3) is 0 Å². The number of oxime groups is 1. The maximum atomic E-state index is 11.2. The molecule has 1 N–H and O–H groups in total. The molecule has 0 bridgehead atoms. The Balaban J connectivity index is 2.18. The largest absolute Gasteiger partial charge is 0.478 e. The molecule has 0 saturated carbocycles. The van der Waals surface area contributed by atoms with Crippen molar-refractivity contribution in [2.45, 2.75) is 58.3 Å². The van der Waals surface area contributed by atoms with E-state index in [0.717, 1.165) is 29.5 Å². The summed E-state index contributed by atoms with van der Waals surface area (Å²) in [5.74, 6) is -0.947. The Morgan fingerprint density at radius 1 is 1.07 bits per heavy atom. The van der Waals surface area contributed by atoms with Crippen LogP contribution in [0.4, 0.5) is 0 Å². The van der Waals surface area contributed by atoms with Gasteiger partial charge >= 0.3 is 5.97 Å². The van der Waals surface area contributed by atoms with Crippen LogP contribution in [-0.4, -0.2) is 23.4 Å². The van der Waals surface area contributed by atoms with Crippen molar-refractivity contribution >= 4 is 11.7 Å². The molecule has 1 aliphatic carbocycles. The molecule has 4 heteroatoms. The summed E-state index contributed by atoms with van der Waals surface area (Å²) in [6.45, 7) is 15.3. The van der Waals surface area contributed by atoms with Crippen LogP contribution in [0, 0.1) is 6.92 Å².